The van der Waals surface area contributed by atoms with Crippen LogP contribution in [0.3, 0.4) is 0 Å². The monoisotopic (exact) mass is 734 g/mol. The molecule has 0 unspecified atom stereocenters. The van der Waals surface area contributed by atoms with Crippen molar-refractivity contribution in [3.63, 3.8) is 0 Å². The van der Waals surface area contributed by atoms with Gasteiger partial charge in [0.25, 0.3) is 11.1 Å². The fourth-order valence-corrected chi connectivity index (χ4v) is 4.60. The number of nitrogens with one attached hydrogen (secondary N) is 2. The number of halogens is 3. The largest absolute Gasteiger partial charge is 0.573 e. The lowest BCUT2D eigenvalue weighted by Gasteiger charge is -2.10. The van der Waals surface area contributed by atoms with Gasteiger partial charge in [0, 0.05) is 43.5 Å². The zero-order valence-corrected chi connectivity index (χ0v) is 28.2. The molecule has 0 saturated heterocycles. The van der Waals surface area contributed by atoms with Gasteiger partial charge in [-0.3, -0.25) is 9.59 Å². The topological polar surface area (TPSA) is 170 Å². The summed E-state index contributed by atoms with van der Waals surface area (Å²) in [6.45, 7) is 1.42. The highest BCUT2D eigenvalue weighted by Crippen LogP contribution is 2.23. The number of aromatic nitrogens is 2. The molecule has 4 rings (SSSR count). The zero-order chi connectivity index (χ0) is 37.2. The molecule has 2 aromatic carbocycles. The van der Waals surface area contributed by atoms with E-state index in [1.807, 2.05) is 30.5 Å². The molecular formula is C34H37F3N4O9S. The Labute approximate surface area is 294 Å². The smallest absolute Gasteiger partial charge is 0.503 e. The first-order chi connectivity index (χ1) is 24.3. The molecule has 2 amide bonds. The summed E-state index contributed by atoms with van der Waals surface area (Å²) in [5.41, 5.74) is 0.465. The highest BCUT2D eigenvalue weighted by atomic mass is 32.2. The summed E-state index contributed by atoms with van der Waals surface area (Å²) in [5, 5.41) is 23.8. The van der Waals surface area contributed by atoms with Crippen LogP contribution in [0.25, 0.3) is 0 Å². The van der Waals surface area contributed by atoms with Crippen molar-refractivity contribution >= 4 is 23.9 Å². The Morgan fingerprint density at radius 3 is 1.57 bits per heavy atom. The van der Waals surface area contributed by atoms with Gasteiger partial charge in [-0.15, -0.1) is 24.9 Å². The van der Waals surface area contributed by atoms with Crippen LogP contribution in [0, 0.1) is 0 Å². The van der Waals surface area contributed by atoms with E-state index >= 15 is 0 Å². The summed E-state index contributed by atoms with van der Waals surface area (Å²) in [5.74, 6) is -0.994. The number of amides is 2. The molecule has 0 aliphatic heterocycles. The Hall–Kier alpha value is -5.58. The molecule has 0 spiro atoms. The molecular weight excluding hydrogens is 697 g/mol. The summed E-state index contributed by atoms with van der Waals surface area (Å²) < 4.78 is 52.7. The lowest BCUT2D eigenvalue weighted by atomic mass is 10.2. The average molecular weight is 735 g/mol. The molecule has 0 saturated carbocycles. The molecule has 2 heterocycles. The van der Waals surface area contributed by atoms with Gasteiger partial charge in [0.15, 0.2) is 11.5 Å². The number of alkyl carbamates (subject to hydrolysis) is 2. The second kappa shape index (κ2) is 20.2. The van der Waals surface area contributed by atoms with E-state index in [2.05, 4.69) is 15.4 Å². The van der Waals surface area contributed by atoms with E-state index in [9.17, 15) is 42.6 Å². The summed E-state index contributed by atoms with van der Waals surface area (Å²) in [6.07, 6.45) is 0.153. The third-order valence-corrected chi connectivity index (χ3v) is 7.49. The van der Waals surface area contributed by atoms with Crippen LogP contribution in [0.1, 0.15) is 24.0 Å². The van der Waals surface area contributed by atoms with Crippen molar-refractivity contribution in [2.45, 2.75) is 50.4 Å². The van der Waals surface area contributed by atoms with Crippen LogP contribution < -0.4 is 26.5 Å². The number of hydrogen-bond acceptors (Lipinski definition) is 10. The molecule has 4 aromatic rings. The third kappa shape index (κ3) is 14.8. The van der Waals surface area contributed by atoms with E-state index < -0.39 is 29.7 Å². The quantitative estimate of drug-likeness (QED) is 0.0977. The van der Waals surface area contributed by atoms with E-state index in [-0.39, 0.29) is 37.0 Å². The number of hydrogen-bond donors (Lipinski definition) is 4. The van der Waals surface area contributed by atoms with E-state index in [1.54, 1.807) is 24.0 Å². The molecule has 0 atom stereocenters. The van der Waals surface area contributed by atoms with E-state index in [0.29, 0.717) is 38.0 Å². The van der Waals surface area contributed by atoms with Gasteiger partial charge in [0.05, 0.1) is 0 Å². The molecule has 17 heteroatoms. The number of pyridine rings is 2. The predicted octanol–water partition coefficient (Wildman–Crippen LogP) is 5.36. The summed E-state index contributed by atoms with van der Waals surface area (Å²) in [7, 11) is 0. The summed E-state index contributed by atoms with van der Waals surface area (Å²) in [4.78, 5) is 47.6. The highest BCUT2D eigenvalue weighted by molar-refractivity contribution is 7.98. The molecule has 51 heavy (non-hydrogen) atoms. The first-order valence-corrected chi connectivity index (χ1v) is 16.6. The van der Waals surface area contributed by atoms with Crippen LogP contribution >= 0.6 is 11.8 Å². The lowest BCUT2D eigenvalue weighted by Crippen LogP contribution is -2.27. The molecule has 0 aliphatic rings. The van der Waals surface area contributed by atoms with E-state index in [4.69, 9.17) is 9.47 Å². The lowest BCUT2D eigenvalue weighted by molar-refractivity contribution is -0.274. The maximum atomic E-state index is 12.1. The Kier molecular flexibility index (Phi) is 15.8. The average Bonchev–Trinajstić information content (AvgIpc) is 3.10. The first kappa shape index (κ1) is 39.9. The SMILES string of the molecule is CSc1ccc(COC(=O)NCCCn2cccc(O)c2=O)cc1.O=C(NCCCn1cccc(O)c1=O)OCc1ccc(OC(F)(F)F)cc1. The Morgan fingerprint density at radius 2 is 1.16 bits per heavy atom. The molecule has 0 fully saturated rings. The van der Waals surface area contributed by atoms with Crippen LogP contribution in [-0.4, -0.2) is 57.2 Å². The second-order valence-corrected chi connectivity index (χ2v) is 11.4. The molecule has 13 nitrogen and oxygen atoms in total. The maximum absolute atomic E-state index is 12.1. The summed E-state index contributed by atoms with van der Waals surface area (Å²) in [6, 6.07) is 18.5. The van der Waals surface area contributed by atoms with Gasteiger partial charge < -0.3 is 44.2 Å². The number of rotatable bonds is 14. The maximum Gasteiger partial charge on any atom is 0.573 e. The molecule has 0 bridgehead atoms. The van der Waals surface area contributed by atoms with E-state index in [0.717, 1.165) is 22.6 Å². The van der Waals surface area contributed by atoms with Crippen molar-refractivity contribution in [1.82, 2.24) is 19.8 Å². The van der Waals surface area contributed by atoms with Crippen LogP contribution in [0.4, 0.5) is 22.8 Å². The number of benzene rings is 2. The molecule has 2 aromatic heterocycles. The van der Waals surface area contributed by atoms with Gasteiger partial charge in [-0.2, -0.15) is 0 Å². The van der Waals surface area contributed by atoms with Crippen molar-refractivity contribution < 1.29 is 47.2 Å². The fraction of sp³-hybridized carbons (Fsp3) is 0.294. The minimum atomic E-state index is -4.76. The van der Waals surface area contributed by atoms with Gasteiger partial charge in [-0.25, -0.2) is 9.59 Å². The molecule has 0 radical (unpaired) electrons. The van der Waals surface area contributed by atoms with Gasteiger partial charge in [0.1, 0.15) is 19.0 Å². The standard InChI is InChI=1S/C17H17F3N2O5.C17H20N2O4S/c18-17(19,20)27-13-6-4-12(5-7-13)11-26-16(25)21-8-2-10-22-9-1-3-14(23)15(22)24;1-24-14-7-5-13(6-8-14)12-23-17(22)18-9-3-11-19-10-2-4-15(20)16(19)21/h1,3-7,9,23H,2,8,10-11H2,(H,21,25);2,4-8,10,20H,3,9,11-12H2,1H3,(H,18,22). The van der Waals surface area contributed by atoms with Crippen LogP contribution in [0.5, 0.6) is 17.2 Å². The Morgan fingerprint density at radius 1 is 0.725 bits per heavy atom. The first-order valence-electron chi connectivity index (χ1n) is 15.4. The van der Waals surface area contributed by atoms with Gasteiger partial charge in [-0.1, -0.05) is 24.3 Å². The number of carbonyl (C=O) groups excluding carboxylic acids is 2. The van der Waals surface area contributed by atoms with Crippen molar-refractivity contribution in [2.75, 3.05) is 19.3 Å². The minimum absolute atomic E-state index is 0.121. The minimum Gasteiger partial charge on any atom is -0.503 e. The van der Waals surface area contributed by atoms with Crippen molar-refractivity contribution in [1.29, 1.82) is 0 Å². The van der Waals surface area contributed by atoms with Crippen molar-refractivity contribution in [2.24, 2.45) is 0 Å². The zero-order valence-electron chi connectivity index (χ0n) is 27.4. The summed E-state index contributed by atoms with van der Waals surface area (Å²) >= 11 is 1.66. The highest BCUT2D eigenvalue weighted by Gasteiger charge is 2.31. The Balaban J connectivity index is 0.000000277. The van der Waals surface area contributed by atoms with Crippen LogP contribution in [-0.2, 0) is 35.8 Å². The number of alkyl halides is 3. The second-order valence-electron chi connectivity index (χ2n) is 10.5. The molecule has 4 N–H and O–H groups in total. The number of aryl methyl sites for hydroxylation is 2. The molecule has 0 aliphatic carbocycles. The van der Waals surface area contributed by atoms with Crippen molar-refractivity contribution in [3.05, 3.63) is 117 Å². The molecule has 274 valence electrons. The van der Waals surface area contributed by atoms with Crippen molar-refractivity contribution in [3.8, 4) is 17.2 Å². The van der Waals surface area contributed by atoms with Gasteiger partial charge in [0.2, 0.25) is 0 Å². The third-order valence-electron chi connectivity index (χ3n) is 6.75. The van der Waals surface area contributed by atoms with E-state index in [1.165, 1.54) is 45.7 Å². The number of ether oxygens (including phenoxy) is 3. The van der Waals surface area contributed by atoms with Gasteiger partial charge >= 0.3 is 18.5 Å². The number of thioether (sulfide) groups is 1. The van der Waals surface area contributed by atoms with Gasteiger partial charge in [-0.05, 0) is 78.8 Å². The van der Waals surface area contributed by atoms with Crippen LogP contribution in [0.15, 0.2) is 99.7 Å². The number of aromatic hydroxyl groups is 2. The predicted molar refractivity (Wildman–Crippen MR) is 182 cm³/mol. The number of nitrogens with zero attached hydrogens (tertiary/aromatic N) is 2. The van der Waals surface area contributed by atoms with Crippen LogP contribution in [0.2, 0.25) is 0 Å². The normalized spacial score (nSPS) is 10.7. The Bertz CT molecular complexity index is 1820. The fourth-order valence-electron chi connectivity index (χ4n) is 4.19. The number of carbonyl (C=O) groups is 2.